The van der Waals surface area contributed by atoms with E-state index in [0.29, 0.717) is 5.82 Å². The second-order valence-corrected chi connectivity index (χ2v) is 3.97. The van der Waals surface area contributed by atoms with Crippen LogP contribution in [-0.4, -0.2) is 31.3 Å². The van der Waals surface area contributed by atoms with Gasteiger partial charge in [0.2, 0.25) is 0 Å². The Morgan fingerprint density at radius 3 is 3.00 bits per heavy atom. The normalized spacial score (nSPS) is 10.3. The van der Waals surface area contributed by atoms with Crippen LogP contribution in [0.1, 0.15) is 5.82 Å². The third-order valence-electron chi connectivity index (χ3n) is 1.90. The summed E-state index contributed by atoms with van der Waals surface area (Å²) in [6, 6.07) is 7.30. The summed E-state index contributed by atoms with van der Waals surface area (Å²) >= 11 is 3.32. The lowest BCUT2D eigenvalue weighted by molar-refractivity contribution is -0.136. The van der Waals surface area contributed by atoms with E-state index in [2.05, 4.69) is 31.5 Å². The number of tetrazole rings is 1. The van der Waals surface area contributed by atoms with Gasteiger partial charge in [-0.1, -0.05) is 22.0 Å². The SMILES string of the molecule is O=C(O)Cc1nnnn1-c1cccc(Br)c1. The van der Waals surface area contributed by atoms with Gasteiger partial charge in [-0.05, 0) is 28.6 Å². The Labute approximate surface area is 99.0 Å². The molecule has 0 bridgehead atoms. The number of benzene rings is 1. The molecule has 7 heteroatoms. The van der Waals surface area contributed by atoms with Gasteiger partial charge in [-0.2, -0.15) is 4.68 Å². The molecule has 0 aliphatic carbocycles. The Kier molecular flexibility index (Phi) is 2.95. The summed E-state index contributed by atoms with van der Waals surface area (Å²) in [5, 5.41) is 19.6. The number of carboxylic acids is 1. The van der Waals surface area contributed by atoms with Crippen LogP contribution in [0, 0.1) is 0 Å². The van der Waals surface area contributed by atoms with Gasteiger partial charge in [-0.3, -0.25) is 4.79 Å². The monoisotopic (exact) mass is 282 g/mol. The first kappa shape index (κ1) is 10.7. The number of hydrogen-bond donors (Lipinski definition) is 1. The van der Waals surface area contributed by atoms with Crippen LogP contribution in [0.3, 0.4) is 0 Å². The molecule has 0 aliphatic rings. The van der Waals surface area contributed by atoms with Crippen LogP contribution in [0.5, 0.6) is 0 Å². The van der Waals surface area contributed by atoms with Crippen molar-refractivity contribution in [2.24, 2.45) is 0 Å². The van der Waals surface area contributed by atoms with E-state index in [9.17, 15) is 4.79 Å². The van der Waals surface area contributed by atoms with Crippen LogP contribution >= 0.6 is 15.9 Å². The summed E-state index contributed by atoms with van der Waals surface area (Å²) in [6.45, 7) is 0. The number of nitrogens with zero attached hydrogens (tertiary/aromatic N) is 4. The van der Waals surface area contributed by atoms with E-state index in [1.54, 1.807) is 6.07 Å². The number of carbonyl (C=O) groups is 1. The number of aliphatic carboxylic acids is 1. The molecule has 2 aromatic rings. The van der Waals surface area contributed by atoms with Crippen molar-refractivity contribution in [2.45, 2.75) is 6.42 Å². The maximum atomic E-state index is 10.6. The summed E-state index contributed by atoms with van der Waals surface area (Å²) in [5.74, 6) is -0.670. The third-order valence-corrected chi connectivity index (χ3v) is 2.39. The minimum absolute atomic E-state index is 0.209. The van der Waals surface area contributed by atoms with Crippen LogP contribution in [0.15, 0.2) is 28.7 Å². The van der Waals surface area contributed by atoms with Crippen molar-refractivity contribution < 1.29 is 9.90 Å². The van der Waals surface area contributed by atoms with E-state index in [1.807, 2.05) is 18.2 Å². The smallest absolute Gasteiger partial charge is 0.311 e. The van der Waals surface area contributed by atoms with Crippen LogP contribution in [0.2, 0.25) is 0 Å². The highest BCUT2D eigenvalue weighted by molar-refractivity contribution is 9.10. The van der Waals surface area contributed by atoms with Gasteiger partial charge in [0.25, 0.3) is 0 Å². The molecule has 0 aliphatic heterocycles. The molecule has 0 radical (unpaired) electrons. The van der Waals surface area contributed by atoms with Crippen molar-refractivity contribution in [1.82, 2.24) is 20.2 Å². The molecule has 0 saturated carbocycles. The third kappa shape index (κ3) is 2.25. The average Bonchev–Trinajstić information content (AvgIpc) is 2.65. The second kappa shape index (κ2) is 4.40. The molecule has 1 aromatic carbocycles. The predicted molar refractivity (Wildman–Crippen MR) is 58.2 cm³/mol. The summed E-state index contributed by atoms with van der Waals surface area (Å²) in [5.41, 5.74) is 0.718. The van der Waals surface area contributed by atoms with Crippen LogP contribution in [0.25, 0.3) is 5.69 Å². The minimum atomic E-state index is -0.967. The highest BCUT2D eigenvalue weighted by atomic mass is 79.9. The minimum Gasteiger partial charge on any atom is -0.481 e. The van der Waals surface area contributed by atoms with Gasteiger partial charge in [0.1, 0.15) is 6.42 Å². The van der Waals surface area contributed by atoms with Gasteiger partial charge in [0.05, 0.1) is 5.69 Å². The Morgan fingerprint density at radius 1 is 1.50 bits per heavy atom. The second-order valence-electron chi connectivity index (χ2n) is 3.06. The van der Waals surface area contributed by atoms with Crippen LogP contribution < -0.4 is 0 Å². The van der Waals surface area contributed by atoms with Crippen molar-refractivity contribution in [2.75, 3.05) is 0 Å². The zero-order valence-electron chi connectivity index (χ0n) is 8.04. The first-order chi connectivity index (χ1) is 7.66. The van der Waals surface area contributed by atoms with Gasteiger partial charge in [0.15, 0.2) is 5.82 Å². The Balaban J connectivity index is 2.40. The molecule has 0 atom stereocenters. The first-order valence-corrected chi connectivity index (χ1v) is 5.21. The molecule has 1 heterocycles. The number of halogens is 1. The molecule has 0 fully saturated rings. The Bertz CT molecular complexity index is 526. The maximum absolute atomic E-state index is 10.6. The molecule has 6 nitrogen and oxygen atoms in total. The molecule has 2 rings (SSSR count). The highest BCUT2D eigenvalue weighted by Crippen LogP contribution is 2.15. The highest BCUT2D eigenvalue weighted by Gasteiger charge is 2.11. The van der Waals surface area contributed by atoms with E-state index in [-0.39, 0.29) is 6.42 Å². The maximum Gasteiger partial charge on any atom is 0.311 e. The van der Waals surface area contributed by atoms with Gasteiger partial charge in [-0.15, -0.1) is 5.10 Å². The van der Waals surface area contributed by atoms with E-state index in [1.165, 1.54) is 4.68 Å². The lowest BCUT2D eigenvalue weighted by Crippen LogP contribution is -2.09. The van der Waals surface area contributed by atoms with Crippen molar-refractivity contribution in [1.29, 1.82) is 0 Å². The fourth-order valence-electron chi connectivity index (χ4n) is 1.26. The largest absolute Gasteiger partial charge is 0.481 e. The fraction of sp³-hybridized carbons (Fsp3) is 0.111. The molecule has 16 heavy (non-hydrogen) atoms. The topological polar surface area (TPSA) is 80.9 Å². The molecular formula is C9H7BrN4O2. The summed E-state index contributed by atoms with van der Waals surface area (Å²) in [4.78, 5) is 10.6. The van der Waals surface area contributed by atoms with E-state index in [4.69, 9.17) is 5.11 Å². The quantitative estimate of drug-likeness (QED) is 0.910. The van der Waals surface area contributed by atoms with Gasteiger partial charge < -0.3 is 5.11 Å². The van der Waals surface area contributed by atoms with Gasteiger partial charge in [0, 0.05) is 4.47 Å². The van der Waals surface area contributed by atoms with Crippen molar-refractivity contribution in [3.05, 3.63) is 34.6 Å². The number of carboxylic acid groups (broad SMARTS) is 1. The Hall–Kier alpha value is -1.76. The molecule has 1 N–H and O–H groups in total. The summed E-state index contributed by atoms with van der Waals surface area (Å²) in [7, 11) is 0. The first-order valence-electron chi connectivity index (χ1n) is 4.42. The molecule has 0 unspecified atom stereocenters. The zero-order valence-corrected chi connectivity index (χ0v) is 9.62. The fourth-order valence-corrected chi connectivity index (χ4v) is 1.65. The van der Waals surface area contributed by atoms with Crippen LogP contribution in [-0.2, 0) is 11.2 Å². The van der Waals surface area contributed by atoms with Crippen molar-refractivity contribution >= 4 is 21.9 Å². The summed E-state index contributed by atoms with van der Waals surface area (Å²) < 4.78 is 2.28. The molecule has 82 valence electrons. The standard InChI is InChI=1S/C9H7BrN4O2/c10-6-2-1-3-7(4-6)14-8(5-9(15)16)11-12-13-14/h1-4H,5H2,(H,15,16). The number of rotatable bonds is 3. The molecule has 0 amide bonds. The molecule has 0 spiro atoms. The van der Waals surface area contributed by atoms with Gasteiger partial charge >= 0.3 is 5.97 Å². The van der Waals surface area contributed by atoms with Gasteiger partial charge in [-0.25, -0.2) is 0 Å². The molecule has 0 saturated heterocycles. The molecular weight excluding hydrogens is 276 g/mol. The predicted octanol–water partition coefficient (Wildman–Crippen LogP) is 1.05. The van der Waals surface area contributed by atoms with Crippen molar-refractivity contribution in [3.8, 4) is 5.69 Å². The summed E-state index contributed by atoms with van der Waals surface area (Å²) in [6.07, 6.45) is -0.209. The lowest BCUT2D eigenvalue weighted by Gasteiger charge is -2.02. The van der Waals surface area contributed by atoms with Crippen molar-refractivity contribution in [3.63, 3.8) is 0 Å². The number of hydrogen-bond acceptors (Lipinski definition) is 4. The zero-order chi connectivity index (χ0) is 11.5. The van der Waals surface area contributed by atoms with E-state index >= 15 is 0 Å². The lowest BCUT2D eigenvalue weighted by atomic mass is 10.3. The number of aromatic nitrogens is 4. The average molecular weight is 283 g/mol. The Morgan fingerprint density at radius 2 is 2.31 bits per heavy atom. The van der Waals surface area contributed by atoms with E-state index < -0.39 is 5.97 Å². The van der Waals surface area contributed by atoms with E-state index in [0.717, 1.165) is 10.2 Å². The van der Waals surface area contributed by atoms with Crippen LogP contribution in [0.4, 0.5) is 0 Å². The molecule has 1 aromatic heterocycles.